The van der Waals surface area contributed by atoms with Crippen LogP contribution in [0.15, 0.2) is 0 Å². The minimum absolute atomic E-state index is 0.0507. The van der Waals surface area contributed by atoms with Gasteiger partial charge in [-0.1, -0.05) is 0 Å². The van der Waals surface area contributed by atoms with E-state index in [0.29, 0.717) is 0 Å². The molecule has 0 saturated carbocycles. The van der Waals surface area contributed by atoms with Crippen molar-refractivity contribution in [3.8, 4) is 0 Å². The Balaban J connectivity index is 2.81. The Morgan fingerprint density at radius 2 is 1.90 bits per heavy atom. The van der Waals surface area contributed by atoms with Crippen LogP contribution in [0.5, 0.6) is 0 Å². The van der Waals surface area contributed by atoms with Gasteiger partial charge in [-0.25, -0.2) is 9.59 Å². The summed E-state index contributed by atoms with van der Waals surface area (Å²) in [5.74, 6) is -1.13. The highest BCUT2D eigenvalue weighted by atomic mass is 16.6. The van der Waals surface area contributed by atoms with E-state index in [-0.39, 0.29) is 6.54 Å². The van der Waals surface area contributed by atoms with Crippen molar-refractivity contribution in [2.24, 2.45) is 0 Å². The van der Waals surface area contributed by atoms with Crippen molar-refractivity contribution >= 4 is 12.1 Å². The van der Waals surface area contributed by atoms with Gasteiger partial charge in [0.25, 0.3) is 0 Å². The Hall–Kier alpha value is -2.05. The molecule has 0 bridgehead atoms. The Labute approximate surface area is 124 Å². The summed E-state index contributed by atoms with van der Waals surface area (Å²) in [5.41, 5.74) is 2.05. The molecule has 1 rings (SSSR count). The maximum Gasteiger partial charge on any atom is 0.408 e. The fourth-order valence-corrected chi connectivity index (χ4v) is 1.77. The van der Waals surface area contributed by atoms with E-state index in [1.165, 1.54) is 0 Å². The van der Waals surface area contributed by atoms with Crippen LogP contribution in [0.4, 0.5) is 4.79 Å². The zero-order valence-electron chi connectivity index (χ0n) is 13.4. The molecule has 0 spiro atoms. The quantitative estimate of drug-likeness (QED) is 0.883. The van der Waals surface area contributed by atoms with Crippen LogP contribution < -0.4 is 5.32 Å². The van der Waals surface area contributed by atoms with Crippen molar-refractivity contribution in [2.45, 2.75) is 59.7 Å². The number of carbonyl (C=O) groups excluding carboxylic acids is 1. The molecule has 2 N–H and O–H groups in total. The highest BCUT2D eigenvalue weighted by Gasteiger charge is 2.25. The summed E-state index contributed by atoms with van der Waals surface area (Å²) in [4.78, 5) is 23.0. The summed E-state index contributed by atoms with van der Waals surface area (Å²) >= 11 is 0. The number of aryl methyl sites for hydroxylation is 1. The summed E-state index contributed by atoms with van der Waals surface area (Å²) in [6.07, 6.45) is -0.756. The summed E-state index contributed by atoms with van der Waals surface area (Å²) in [6.45, 7) is 10.8. The molecule has 0 aliphatic heterocycles. The van der Waals surface area contributed by atoms with Crippen molar-refractivity contribution in [1.82, 2.24) is 15.1 Å². The number of aromatic nitrogens is 2. The number of carboxylic acids is 1. The lowest BCUT2D eigenvalue weighted by atomic mass is 10.2. The van der Waals surface area contributed by atoms with Gasteiger partial charge in [0.1, 0.15) is 11.6 Å². The van der Waals surface area contributed by atoms with Gasteiger partial charge in [-0.3, -0.25) is 4.68 Å². The van der Waals surface area contributed by atoms with E-state index < -0.39 is 23.7 Å². The van der Waals surface area contributed by atoms with E-state index in [2.05, 4.69) is 10.4 Å². The third-order valence-corrected chi connectivity index (χ3v) is 3.09. The van der Waals surface area contributed by atoms with Crippen molar-refractivity contribution < 1.29 is 19.4 Å². The van der Waals surface area contributed by atoms with Gasteiger partial charge in [-0.15, -0.1) is 0 Å². The number of alkyl carbamates (subject to hydrolysis) is 1. The standard InChI is InChI=1S/C14H23N3O4/c1-8-9(2)16-17(10(8)3)7-11(12(18)19)15-13(20)21-14(4,5)6/h11H,7H2,1-6H3,(H,15,20)(H,18,19). The highest BCUT2D eigenvalue weighted by Crippen LogP contribution is 2.12. The molecule has 1 unspecified atom stereocenters. The van der Waals surface area contributed by atoms with Gasteiger partial charge < -0.3 is 15.2 Å². The molecule has 1 amide bonds. The molecule has 7 heteroatoms. The Morgan fingerprint density at radius 1 is 1.33 bits per heavy atom. The normalized spacial score (nSPS) is 12.9. The molecule has 1 atom stereocenters. The average molecular weight is 297 g/mol. The molecule has 0 radical (unpaired) electrons. The zero-order valence-corrected chi connectivity index (χ0v) is 13.4. The lowest BCUT2D eigenvalue weighted by Gasteiger charge is -2.22. The molecule has 21 heavy (non-hydrogen) atoms. The molecule has 0 aliphatic rings. The number of carboxylic acid groups (broad SMARTS) is 1. The monoisotopic (exact) mass is 297 g/mol. The van der Waals surface area contributed by atoms with Gasteiger partial charge >= 0.3 is 12.1 Å². The van der Waals surface area contributed by atoms with Gasteiger partial charge in [-0.2, -0.15) is 5.10 Å². The first-order valence-electron chi connectivity index (χ1n) is 6.74. The number of rotatable bonds is 4. The molecule has 0 fully saturated rings. The van der Waals surface area contributed by atoms with Crippen molar-refractivity contribution in [2.75, 3.05) is 0 Å². The van der Waals surface area contributed by atoms with Gasteiger partial charge in [0.05, 0.1) is 12.2 Å². The Bertz CT molecular complexity index is 543. The lowest BCUT2D eigenvalue weighted by Crippen LogP contribution is -2.46. The van der Waals surface area contributed by atoms with Crippen LogP contribution in [-0.2, 0) is 16.1 Å². The number of nitrogens with one attached hydrogen (secondary N) is 1. The fourth-order valence-electron chi connectivity index (χ4n) is 1.77. The summed E-state index contributed by atoms with van der Waals surface area (Å²) < 4.78 is 6.66. The second kappa shape index (κ2) is 6.15. The second-order valence-corrected chi connectivity index (χ2v) is 6.01. The fraction of sp³-hybridized carbons (Fsp3) is 0.643. The Morgan fingerprint density at radius 3 is 2.29 bits per heavy atom. The minimum atomic E-state index is -1.13. The minimum Gasteiger partial charge on any atom is -0.480 e. The zero-order chi connectivity index (χ0) is 16.4. The second-order valence-electron chi connectivity index (χ2n) is 6.01. The molecule has 0 aliphatic carbocycles. The summed E-state index contributed by atoms with van der Waals surface area (Å²) in [5, 5.41) is 15.9. The van der Waals surface area contributed by atoms with Crippen LogP contribution in [-0.4, -0.2) is 38.6 Å². The molecule has 0 aromatic carbocycles. The van der Waals surface area contributed by atoms with Gasteiger partial charge in [-0.05, 0) is 47.1 Å². The van der Waals surface area contributed by atoms with E-state index in [4.69, 9.17) is 4.74 Å². The Kier molecular flexibility index (Phi) is 4.98. The van der Waals surface area contributed by atoms with E-state index in [1.807, 2.05) is 20.8 Å². The maximum atomic E-state index is 11.7. The lowest BCUT2D eigenvalue weighted by molar-refractivity contribution is -0.139. The van der Waals surface area contributed by atoms with Crippen LogP contribution in [0.1, 0.15) is 37.7 Å². The average Bonchev–Trinajstić information content (AvgIpc) is 2.53. The van der Waals surface area contributed by atoms with E-state index >= 15 is 0 Å². The predicted molar refractivity (Wildman–Crippen MR) is 77.2 cm³/mol. The van der Waals surface area contributed by atoms with Crippen LogP contribution in [0.25, 0.3) is 0 Å². The van der Waals surface area contributed by atoms with Gasteiger partial charge in [0, 0.05) is 5.69 Å². The molecule has 7 nitrogen and oxygen atoms in total. The van der Waals surface area contributed by atoms with Crippen molar-refractivity contribution in [3.05, 3.63) is 17.0 Å². The van der Waals surface area contributed by atoms with Gasteiger partial charge in [0.15, 0.2) is 0 Å². The van der Waals surface area contributed by atoms with Gasteiger partial charge in [0.2, 0.25) is 0 Å². The molecule has 1 heterocycles. The number of amides is 1. The summed E-state index contributed by atoms with van der Waals surface area (Å²) in [7, 11) is 0. The molecule has 1 aromatic rings. The SMILES string of the molecule is Cc1nn(CC(NC(=O)OC(C)(C)C)C(=O)O)c(C)c1C. The van der Waals surface area contributed by atoms with E-state index in [1.54, 1.807) is 25.5 Å². The third kappa shape index (κ3) is 4.77. The van der Waals surface area contributed by atoms with Crippen LogP contribution >= 0.6 is 0 Å². The number of hydrogen-bond donors (Lipinski definition) is 2. The van der Waals surface area contributed by atoms with Crippen LogP contribution in [0.3, 0.4) is 0 Å². The third-order valence-electron chi connectivity index (χ3n) is 3.09. The molecular weight excluding hydrogens is 274 g/mol. The summed E-state index contributed by atoms with van der Waals surface area (Å²) in [6, 6.07) is -1.10. The maximum absolute atomic E-state index is 11.7. The number of nitrogens with zero attached hydrogens (tertiary/aromatic N) is 2. The number of aliphatic carboxylic acids is 1. The first-order valence-corrected chi connectivity index (χ1v) is 6.74. The van der Waals surface area contributed by atoms with Crippen LogP contribution in [0.2, 0.25) is 0 Å². The first kappa shape index (κ1) is 17.0. The topological polar surface area (TPSA) is 93.5 Å². The molecule has 0 saturated heterocycles. The number of ether oxygens (including phenoxy) is 1. The first-order chi connectivity index (χ1) is 9.51. The number of carbonyl (C=O) groups is 2. The molecule has 118 valence electrons. The highest BCUT2D eigenvalue weighted by molar-refractivity contribution is 5.79. The van der Waals surface area contributed by atoms with Crippen molar-refractivity contribution in [3.63, 3.8) is 0 Å². The smallest absolute Gasteiger partial charge is 0.408 e. The van der Waals surface area contributed by atoms with Crippen molar-refractivity contribution in [1.29, 1.82) is 0 Å². The molecular formula is C14H23N3O4. The number of hydrogen-bond acceptors (Lipinski definition) is 4. The largest absolute Gasteiger partial charge is 0.480 e. The molecule has 1 aromatic heterocycles. The predicted octanol–water partition coefficient (Wildman–Crippen LogP) is 1.79. The van der Waals surface area contributed by atoms with Crippen LogP contribution in [0, 0.1) is 20.8 Å². The van der Waals surface area contributed by atoms with E-state index in [9.17, 15) is 14.7 Å². The van der Waals surface area contributed by atoms with E-state index in [0.717, 1.165) is 17.0 Å².